The van der Waals surface area contributed by atoms with E-state index in [9.17, 15) is 9.59 Å². The predicted octanol–water partition coefficient (Wildman–Crippen LogP) is -1.07. The number of amides is 1. The van der Waals surface area contributed by atoms with Crippen molar-refractivity contribution in [3.8, 4) is 0 Å². The molecule has 0 aromatic carbocycles. The zero-order chi connectivity index (χ0) is 13.1. The summed E-state index contributed by atoms with van der Waals surface area (Å²) in [7, 11) is 0. The SMILES string of the molecule is NC1CCCN(C(=O)Cn2cc(C(=O)O)nn2)C1. The van der Waals surface area contributed by atoms with Crippen molar-refractivity contribution in [2.24, 2.45) is 5.73 Å². The number of rotatable bonds is 3. The molecule has 1 aromatic rings. The third-order valence-corrected chi connectivity index (χ3v) is 2.87. The highest BCUT2D eigenvalue weighted by Gasteiger charge is 2.22. The van der Waals surface area contributed by atoms with E-state index in [2.05, 4.69) is 10.3 Å². The highest BCUT2D eigenvalue weighted by atomic mass is 16.4. The number of aromatic carboxylic acids is 1. The first-order valence-corrected chi connectivity index (χ1v) is 5.73. The van der Waals surface area contributed by atoms with Gasteiger partial charge in [0.15, 0.2) is 5.69 Å². The molecule has 1 aliphatic rings. The molecule has 0 aliphatic carbocycles. The highest BCUT2D eigenvalue weighted by Crippen LogP contribution is 2.08. The van der Waals surface area contributed by atoms with E-state index in [4.69, 9.17) is 10.8 Å². The number of piperidine rings is 1. The fraction of sp³-hybridized carbons (Fsp3) is 0.600. The number of hydrogen-bond donors (Lipinski definition) is 2. The van der Waals surface area contributed by atoms with Crippen molar-refractivity contribution < 1.29 is 14.7 Å². The van der Waals surface area contributed by atoms with Crippen LogP contribution in [0.15, 0.2) is 6.20 Å². The summed E-state index contributed by atoms with van der Waals surface area (Å²) in [6.07, 6.45) is 3.06. The van der Waals surface area contributed by atoms with Crippen molar-refractivity contribution in [1.29, 1.82) is 0 Å². The van der Waals surface area contributed by atoms with Crippen LogP contribution >= 0.6 is 0 Å². The van der Waals surface area contributed by atoms with Gasteiger partial charge in [0.2, 0.25) is 5.91 Å². The second-order valence-corrected chi connectivity index (χ2v) is 4.35. The lowest BCUT2D eigenvalue weighted by atomic mass is 10.1. The smallest absolute Gasteiger partial charge is 0.358 e. The maximum Gasteiger partial charge on any atom is 0.358 e. The van der Waals surface area contributed by atoms with E-state index in [1.54, 1.807) is 4.90 Å². The first-order chi connectivity index (χ1) is 8.56. The number of carboxylic acid groups (broad SMARTS) is 1. The third-order valence-electron chi connectivity index (χ3n) is 2.87. The summed E-state index contributed by atoms with van der Waals surface area (Å²) in [5.41, 5.74) is 5.63. The lowest BCUT2D eigenvalue weighted by Gasteiger charge is -2.30. The number of likely N-dealkylation sites (tertiary alicyclic amines) is 1. The molecule has 0 saturated carbocycles. The maximum atomic E-state index is 11.9. The number of hydrogen-bond acceptors (Lipinski definition) is 5. The van der Waals surface area contributed by atoms with Crippen LogP contribution in [0.2, 0.25) is 0 Å². The van der Waals surface area contributed by atoms with Crippen molar-refractivity contribution in [2.75, 3.05) is 13.1 Å². The molecular weight excluding hydrogens is 238 g/mol. The molecule has 1 aromatic heterocycles. The predicted molar refractivity (Wildman–Crippen MR) is 60.8 cm³/mol. The summed E-state index contributed by atoms with van der Waals surface area (Å²) in [4.78, 5) is 24.2. The number of carbonyl (C=O) groups is 2. The van der Waals surface area contributed by atoms with E-state index < -0.39 is 5.97 Å². The fourth-order valence-electron chi connectivity index (χ4n) is 1.95. The standard InChI is InChI=1S/C10H15N5O3/c11-7-2-1-3-14(4-7)9(16)6-15-5-8(10(17)18)12-13-15/h5,7H,1-4,6,11H2,(H,17,18). The molecule has 0 spiro atoms. The van der Waals surface area contributed by atoms with Crippen LogP contribution in [-0.4, -0.2) is 56.0 Å². The van der Waals surface area contributed by atoms with Crippen molar-refractivity contribution in [1.82, 2.24) is 19.9 Å². The Morgan fingerprint density at radius 1 is 1.56 bits per heavy atom. The number of aromatic nitrogens is 3. The Bertz CT molecular complexity index is 458. The first-order valence-electron chi connectivity index (χ1n) is 5.73. The molecule has 18 heavy (non-hydrogen) atoms. The molecule has 8 nitrogen and oxygen atoms in total. The second-order valence-electron chi connectivity index (χ2n) is 4.35. The van der Waals surface area contributed by atoms with Gasteiger partial charge in [0, 0.05) is 19.1 Å². The van der Waals surface area contributed by atoms with Crippen LogP contribution < -0.4 is 5.73 Å². The minimum absolute atomic E-state index is 0.00694. The summed E-state index contributed by atoms with van der Waals surface area (Å²) in [6.45, 7) is 1.22. The molecule has 1 atom stereocenters. The van der Waals surface area contributed by atoms with Gasteiger partial charge in [-0.3, -0.25) is 4.79 Å². The van der Waals surface area contributed by atoms with Crippen molar-refractivity contribution >= 4 is 11.9 Å². The average molecular weight is 253 g/mol. The molecule has 8 heteroatoms. The van der Waals surface area contributed by atoms with Gasteiger partial charge in [0.1, 0.15) is 6.54 Å². The Labute approximate surface area is 103 Å². The minimum atomic E-state index is -1.16. The Morgan fingerprint density at radius 2 is 2.33 bits per heavy atom. The van der Waals surface area contributed by atoms with Gasteiger partial charge in [0.05, 0.1) is 6.20 Å². The van der Waals surface area contributed by atoms with Crippen molar-refractivity contribution in [3.05, 3.63) is 11.9 Å². The van der Waals surface area contributed by atoms with Crippen LogP contribution in [0.1, 0.15) is 23.3 Å². The molecule has 1 amide bonds. The van der Waals surface area contributed by atoms with Crippen LogP contribution in [0.5, 0.6) is 0 Å². The van der Waals surface area contributed by atoms with Crippen LogP contribution in [-0.2, 0) is 11.3 Å². The van der Waals surface area contributed by atoms with Gasteiger partial charge in [-0.05, 0) is 12.8 Å². The van der Waals surface area contributed by atoms with E-state index in [-0.39, 0.29) is 24.2 Å². The molecule has 2 heterocycles. The minimum Gasteiger partial charge on any atom is -0.476 e. The molecule has 1 unspecified atom stereocenters. The van der Waals surface area contributed by atoms with Gasteiger partial charge in [-0.2, -0.15) is 0 Å². The lowest BCUT2D eigenvalue weighted by Crippen LogP contribution is -2.46. The number of carboxylic acids is 1. The Kier molecular flexibility index (Phi) is 3.56. The van der Waals surface area contributed by atoms with Gasteiger partial charge < -0.3 is 15.7 Å². The molecule has 2 rings (SSSR count). The number of nitrogens with zero attached hydrogens (tertiary/aromatic N) is 4. The monoisotopic (exact) mass is 253 g/mol. The summed E-state index contributed by atoms with van der Waals surface area (Å²) in [6, 6.07) is 0.0213. The summed E-state index contributed by atoms with van der Waals surface area (Å²) >= 11 is 0. The van der Waals surface area contributed by atoms with Crippen LogP contribution in [0.4, 0.5) is 0 Å². The van der Waals surface area contributed by atoms with Gasteiger partial charge in [-0.25, -0.2) is 9.48 Å². The molecule has 1 saturated heterocycles. The molecule has 3 N–H and O–H groups in total. The van der Waals surface area contributed by atoms with E-state index in [1.165, 1.54) is 10.9 Å². The first kappa shape index (κ1) is 12.5. The summed E-state index contributed by atoms with van der Waals surface area (Å²) < 4.78 is 1.23. The lowest BCUT2D eigenvalue weighted by molar-refractivity contribution is -0.133. The van der Waals surface area contributed by atoms with Crippen LogP contribution in [0.25, 0.3) is 0 Å². The normalized spacial score (nSPS) is 19.8. The number of carbonyl (C=O) groups excluding carboxylic acids is 1. The van der Waals surface area contributed by atoms with Gasteiger partial charge in [-0.1, -0.05) is 5.21 Å². The molecular formula is C10H15N5O3. The highest BCUT2D eigenvalue weighted by molar-refractivity contribution is 5.84. The summed E-state index contributed by atoms with van der Waals surface area (Å²) in [5.74, 6) is -1.28. The Hall–Kier alpha value is -1.96. The molecule has 0 radical (unpaired) electrons. The molecule has 1 aliphatic heterocycles. The van der Waals surface area contributed by atoms with Gasteiger partial charge >= 0.3 is 5.97 Å². The van der Waals surface area contributed by atoms with Crippen LogP contribution in [0.3, 0.4) is 0 Å². The van der Waals surface area contributed by atoms with Gasteiger partial charge in [-0.15, -0.1) is 5.10 Å². The zero-order valence-electron chi connectivity index (χ0n) is 9.82. The fourth-order valence-corrected chi connectivity index (χ4v) is 1.95. The van der Waals surface area contributed by atoms with E-state index >= 15 is 0 Å². The number of nitrogens with two attached hydrogens (primary N) is 1. The third kappa shape index (κ3) is 2.83. The average Bonchev–Trinajstić information content (AvgIpc) is 2.77. The Morgan fingerprint density at radius 3 is 2.94 bits per heavy atom. The quantitative estimate of drug-likeness (QED) is 0.708. The molecule has 98 valence electrons. The molecule has 1 fully saturated rings. The van der Waals surface area contributed by atoms with E-state index in [0.29, 0.717) is 13.1 Å². The maximum absolute atomic E-state index is 11.9. The van der Waals surface area contributed by atoms with Gasteiger partial charge in [0.25, 0.3) is 0 Å². The topological polar surface area (TPSA) is 114 Å². The zero-order valence-corrected chi connectivity index (χ0v) is 9.82. The van der Waals surface area contributed by atoms with E-state index in [0.717, 1.165) is 12.8 Å². The largest absolute Gasteiger partial charge is 0.476 e. The second kappa shape index (κ2) is 5.13. The Balaban J connectivity index is 1.95. The molecule has 0 bridgehead atoms. The van der Waals surface area contributed by atoms with E-state index in [1.807, 2.05) is 0 Å². The van der Waals surface area contributed by atoms with Crippen LogP contribution in [0, 0.1) is 0 Å². The summed E-state index contributed by atoms with van der Waals surface area (Å²) in [5, 5.41) is 15.7. The van der Waals surface area contributed by atoms with Crippen molar-refractivity contribution in [2.45, 2.75) is 25.4 Å². The van der Waals surface area contributed by atoms with Crippen molar-refractivity contribution in [3.63, 3.8) is 0 Å².